The third kappa shape index (κ3) is 5.77. The fraction of sp³-hybridized carbons (Fsp3) is 0.250. The van der Waals surface area contributed by atoms with Gasteiger partial charge < -0.3 is 9.47 Å². The van der Waals surface area contributed by atoms with Gasteiger partial charge in [-0.1, -0.05) is 132 Å². The molecule has 4 aromatic carbocycles. The summed E-state index contributed by atoms with van der Waals surface area (Å²) in [6, 6.07) is 34.0. The maximum Gasteiger partial charge on any atom is 0.131 e. The van der Waals surface area contributed by atoms with Crippen molar-refractivity contribution < 1.29 is 9.47 Å². The molecule has 0 spiro atoms. The Bertz CT molecular complexity index is 1140. The van der Waals surface area contributed by atoms with Crippen molar-refractivity contribution in [2.45, 2.75) is 37.2 Å². The van der Waals surface area contributed by atoms with Crippen LogP contribution < -0.4 is 9.47 Å². The van der Waals surface area contributed by atoms with Gasteiger partial charge in [0.15, 0.2) is 0 Å². The summed E-state index contributed by atoms with van der Waals surface area (Å²) in [6.07, 6.45) is 2.04. The molecule has 0 aromatic heterocycles. The summed E-state index contributed by atoms with van der Waals surface area (Å²) in [4.78, 5) is 0. The van der Waals surface area contributed by atoms with Gasteiger partial charge in [0.25, 0.3) is 0 Å². The molecular weight excluding hydrogens is 480 g/mol. The fourth-order valence-electron chi connectivity index (χ4n) is 4.58. The predicted molar refractivity (Wildman–Crippen MR) is 158 cm³/mol. The van der Waals surface area contributed by atoms with Crippen molar-refractivity contribution in [1.82, 2.24) is 0 Å². The summed E-state index contributed by atoms with van der Waals surface area (Å²) in [5.41, 5.74) is 7.14. The van der Waals surface area contributed by atoms with Crippen LogP contribution in [0.5, 0.6) is 11.5 Å². The Hall–Kier alpha value is -2.82. The summed E-state index contributed by atoms with van der Waals surface area (Å²) in [6.45, 7) is 4.51. The van der Waals surface area contributed by atoms with E-state index in [0.717, 1.165) is 35.5 Å². The molecule has 0 amide bonds. The minimum Gasteiger partial charge on any atom is -0.496 e. The van der Waals surface area contributed by atoms with Crippen molar-refractivity contribution in [2.24, 2.45) is 0 Å². The van der Waals surface area contributed by atoms with Gasteiger partial charge in [-0.3, -0.25) is 0 Å². The molecule has 4 rings (SSSR count). The van der Waals surface area contributed by atoms with Crippen LogP contribution in [0.4, 0.5) is 0 Å². The first-order chi connectivity index (χ1) is 17.7. The second-order valence-electron chi connectivity index (χ2n) is 8.57. The zero-order valence-corrected chi connectivity index (χ0v) is 23.1. The number of benzene rings is 4. The van der Waals surface area contributed by atoms with Crippen LogP contribution in [0.25, 0.3) is 22.3 Å². The first-order valence-corrected chi connectivity index (χ1v) is 14.8. The lowest BCUT2D eigenvalue weighted by Crippen LogP contribution is -2.01. The number of hydrogen-bond donors (Lipinski definition) is 0. The van der Waals surface area contributed by atoms with Crippen molar-refractivity contribution in [2.75, 3.05) is 14.2 Å². The topological polar surface area (TPSA) is 18.5 Å². The quantitative estimate of drug-likeness (QED) is 0.185. The fourth-order valence-corrected chi connectivity index (χ4v) is 7.94. The van der Waals surface area contributed by atoms with Crippen molar-refractivity contribution in [3.63, 3.8) is 0 Å². The minimum absolute atomic E-state index is 0.311. The first kappa shape index (κ1) is 26.2. The normalized spacial score (nSPS) is 12.7. The van der Waals surface area contributed by atoms with E-state index in [1.165, 1.54) is 22.3 Å². The monoisotopic (exact) mass is 514 g/mol. The second kappa shape index (κ2) is 12.9. The van der Waals surface area contributed by atoms with E-state index in [4.69, 9.17) is 9.47 Å². The highest BCUT2D eigenvalue weighted by atomic mass is 33.1. The average molecular weight is 515 g/mol. The molecule has 0 fully saturated rings. The molecule has 0 bridgehead atoms. The van der Waals surface area contributed by atoms with Crippen LogP contribution in [0.1, 0.15) is 48.3 Å². The Morgan fingerprint density at radius 3 is 1.25 bits per heavy atom. The van der Waals surface area contributed by atoms with Gasteiger partial charge in [-0.05, 0) is 24.0 Å². The number of hydrogen-bond acceptors (Lipinski definition) is 4. The Morgan fingerprint density at radius 1 is 0.528 bits per heavy atom. The molecule has 186 valence electrons. The number of methoxy groups -OCH3 is 2. The van der Waals surface area contributed by atoms with E-state index in [1.807, 2.05) is 33.7 Å². The number of para-hydroxylation sites is 2. The minimum atomic E-state index is 0.311. The molecule has 0 saturated carbocycles. The second-order valence-corrected chi connectivity index (χ2v) is 11.3. The third-order valence-electron chi connectivity index (χ3n) is 6.39. The van der Waals surface area contributed by atoms with Gasteiger partial charge in [-0.25, -0.2) is 0 Å². The lowest BCUT2D eigenvalue weighted by Gasteiger charge is -2.24. The van der Waals surface area contributed by atoms with Crippen molar-refractivity contribution in [3.8, 4) is 33.8 Å². The molecule has 0 saturated heterocycles. The van der Waals surface area contributed by atoms with E-state index >= 15 is 0 Å². The zero-order valence-electron chi connectivity index (χ0n) is 21.4. The standard InChI is InChI=1S/C32H34O2S2/c1-5-29(27-21-13-19-25(31(27)33-3)23-15-9-7-10-16-23)35-36-30(6-2)28-22-14-20-26(32(28)34-4)24-17-11-8-12-18-24/h7-22,29-30H,5-6H2,1-4H3/t29-,30-/m1/s1. The molecule has 0 aliphatic carbocycles. The van der Waals surface area contributed by atoms with Crippen LogP contribution in [0, 0.1) is 0 Å². The molecular formula is C32H34O2S2. The summed E-state index contributed by atoms with van der Waals surface area (Å²) >= 11 is 0. The van der Waals surface area contributed by atoms with Gasteiger partial charge in [0.2, 0.25) is 0 Å². The molecule has 2 atom stereocenters. The molecule has 2 nitrogen and oxygen atoms in total. The van der Waals surface area contributed by atoms with E-state index < -0.39 is 0 Å². The van der Waals surface area contributed by atoms with Crippen molar-refractivity contribution in [3.05, 3.63) is 108 Å². The van der Waals surface area contributed by atoms with Gasteiger partial charge in [0.1, 0.15) is 11.5 Å². The highest BCUT2D eigenvalue weighted by Crippen LogP contribution is 2.53. The third-order valence-corrected chi connectivity index (χ3v) is 9.87. The van der Waals surface area contributed by atoms with Crippen LogP contribution in [-0.4, -0.2) is 14.2 Å². The highest BCUT2D eigenvalue weighted by molar-refractivity contribution is 8.76. The zero-order chi connectivity index (χ0) is 25.3. The van der Waals surface area contributed by atoms with E-state index in [1.54, 1.807) is 14.2 Å². The van der Waals surface area contributed by atoms with E-state index in [9.17, 15) is 0 Å². The molecule has 0 aliphatic rings. The molecule has 4 aromatic rings. The predicted octanol–water partition coefficient (Wildman–Crippen LogP) is 10.0. The van der Waals surface area contributed by atoms with Gasteiger partial charge in [0.05, 0.1) is 14.2 Å². The molecule has 36 heavy (non-hydrogen) atoms. The molecule has 0 N–H and O–H groups in total. The smallest absolute Gasteiger partial charge is 0.131 e. The number of ether oxygens (including phenoxy) is 2. The van der Waals surface area contributed by atoms with Crippen LogP contribution in [0.3, 0.4) is 0 Å². The Kier molecular flexibility index (Phi) is 9.43. The van der Waals surface area contributed by atoms with Gasteiger partial charge in [-0.2, -0.15) is 0 Å². The van der Waals surface area contributed by atoms with E-state index in [2.05, 4.69) is 98.8 Å². The van der Waals surface area contributed by atoms with Crippen LogP contribution >= 0.6 is 21.6 Å². The highest BCUT2D eigenvalue weighted by Gasteiger charge is 2.23. The van der Waals surface area contributed by atoms with Crippen molar-refractivity contribution in [1.29, 1.82) is 0 Å². The lowest BCUT2D eigenvalue weighted by atomic mass is 9.99. The molecule has 4 heteroatoms. The summed E-state index contributed by atoms with van der Waals surface area (Å²) in [5.74, 6) is 1.95. The summed E-state index contributed by atoms with van der Waals surface area (Å²) < 4.78 is 12.0. The Labute approximate surface area is 223 Å². The molecule has 0 unspecified atom stereocenters. The van der Waals surface area contributed by atoms with Crippen LogP contribution in [-0.2, 0) is 0 Å². The Balaban J connectivity index is 1.61. The first-order valence-electron chi connectivity index (χ1n) is 12.5. The summed E-state index contributed by atoms with van der Waals surface area (Å²) in [7, 11) is 7.44. The van der Waals surface area contributed by atoms with Crippen molar-refractivity contribution >= 4 is 21.6 Å². The van der Waals surface area contributed by atoms with Gasteiger partial charge >= 0.3 is 0 Å². The number of rotatable bonds is 11. The average Bonchev–Trinajstić information content (AvgIpc) is 2.95. The molecule has 0 radical (unpaired) electrons. The SMILES string of the molecule is CC[C@@H](SS[C@H](CC)c1cccc(-c2ccccc2)c1OC)c1cccc(-c2ccccc2)c1OC. The van der Waals surface area contributed by atoms with Gasteiger partial charge in [0, 0.05) is 32.8 Å². The summed E-state index contributed by atoms with van der Waals surface area (Å²) in [5, 5.41) is 0.622. The van der Waals surface area contributed by atoms with Crippen LogP contribution in [0.15, 0.2) is 97.1 Å². The lowest BCUT2D eigenvalue weighted by molar-refractivity contribution is 0.410. The molecule has 0 heterocycles. The van der Waals surface area contributed by atoms with Crippen LogP contribution in [0.2, 0.25) is 0 Å². The van der Waals surface area contributed by atoms with Gasteiger partial charge in [-0.15, -0.1) is 0 Å². The maximum absolute atomic E-state index is 5.99. The van der Waals surface area contributed by atoms with E-state index in [0.29, 0.717) is 10.5 Å². The largest absolute Gasteiger partial charge is 0.496 e. The molecule has 0 aliphatic heterocycles. The van der Waals surface area contributed by atoms with E-state index in [-0.39, 0.29) is 0 Å². The Morgan fingerprint density at radius 2 is 0.917 bits per heavy atom. The maximum atomic E-state index is 5.99.